The van der Waals surface area contributed by atoms with E-state index in [2.05, 4.69) is 58.3 Å². The summed E-state index contributed by atoms with van der Waals surface area (Å²) in [4.78, 5) is 12.3. The molecule has 0 aliphatic carbocycles. The number of amides is 1. The fourth-order valence-corrected chi connectivity index (χ4v) is 4.14. The number of aromatic nitrogens is 5. The molecule has 10 heteroatoms. The third-order valence-corrected chi connectivity index (χ3v) is 6.32. The number of hydrogen-bond acceptors (Lipinski definition) is 8. The number of carbonyl (C=O) groups is 1. The summed E-state index contributed by atoms with van der Waals surface area (Å²) in [6, 6.07) is 8.05. The van der Waals surface area contributed by atoms with Crippen LogP contribution in [-0.2, 0) is 24.4 Å². The van der Waals surface area contributed by atoms with Crippen molar-refractivity contribution in [2.24, 2.45) is 0 Å². The third-order valence-electron chi connectivity index (χ3n) is 4.37. The van der Waals surface area contributed by atoms with Crippen LogP contribution in [0.25, 0.3) is 0 Å². The minimum Gasteiger partial charge on any atom is -0.486 e. The first-order valence-corrected chi connectivity index (χ1v) is 11.8. The average Bonchev–Trinajstić information content (AvgIpc) is 3.38. The summed E-state index contributed by atoms with van der Waals surface area (Å²) in [6.45, 7) is 10.9. The summed E-state index contributed by atoms with van der Waals surface area (Å²) in [5.41, 5.74) is 1.26. The predicted octanol–water partition coefficient (Wildman–Crippen LogP) is 4.31. The molecule has 31 heavy (non-hydrogen) atoms. The molecule has 0 bridgehead atoms. The third kappa shape index (κ3) is 6.38. The number of rotatable bonds is 11. The highest BCUT2D eigenvalue weighted by atomic mass is 32.2. The molecule has 8 nitrogen and oxygen atoms in total. The summed E-state index contributed by atoms with van der Waals surface area (Å²) < 4.78 is 7.78. The molecule has 1 amide bonds. The molecule has 0 saturated heterocycles. The number of aryl methyl sites for hydroxylation is 1. The quantitative estimate of drug-likeness (QED) is 0.338. The number of hydrogen-bond donors (Lipinski definition) is 1. The van der Waals surface area contributed by atoms with Crippen LogP contribution in [0.2, 0.25) is 0 Å². The molecule has 0 aliphatic heterocycles. The van der Waals surface area contributed by atoms with Gasteiger partial charge in [-0.25, -0.2) is 0 Å². The lowest BCUT2D eigenvalue weighted by molar-refractivity contribution is -0.113. The van der Waals surface area contributed by atoms with Gasteiger partial charge in [0.2, 0.25) is 11.0 Å². The van der Waals surface area contributed by atoms with E-state index in [0.29, 0.717) is 28.6 Å². The van der Waals surface area contributed by atoms with E-state index in [1.54, 1.807) is 6.08 Å². The SMILES string of the molecule is C=CCn1c(COc2ccc(C(C)C)cc2)nnc1SCC(=O)Nc1nnc(CC)s1. The van der Waals surface area contributed by atoms with Crippen LogP contribution in [-0.4, -0.2) is 36.6 Å². The molecule has 2 heterocycles. The first kappa shape index (κ1) is 23.0. The summed E-state index contributed by atoms with van der Waals surface area (Å²) in [7, 11) is 0. The second-order valence-electron chi connectivity index (χ2n) is 7.00. The van der Waals surface area contributed by atoms with Crippen LogP contribution in [0.3, 0.4) is 0 Å². The molecule has 0 aliphatic rings. The Kier molecular flexibility index (Phi) is 8.19. The number of ether oxygens (including phenoxy) is 1. The molecule has 3 rings (SSSR count). The van der Waals surface area contributed by atoms with Crippen molar-refractivity contribution >= 4 is 34.1 Å². The van der Waals surface area contributed by atoms with Crippen molar-refractivity contribution in [1.29, 1.82) is 0 Å². The number of benzene rings is 1. The zero-order chi connectivity index (χ0) is 22.2. The van der Waals surface area contributed by atoms with E-state index < -0.39 is 0 Å². The maximum atomic E-state index is 12.3. The van der Waals surface area contributed by atoms with Crippen LogP contribution in [0, 0.1) is 0 Å². The maximum Gasteiger partial charge on any atom is 0.236 e. The van der Waals surface area contributed by atoms with E-state index in [9.17, 15) is 4.79 Å². The molecule has 1 aromatic carbocycles. The second-order valence-corrected chi connectivity index (χ2v) is 9.01. The zero-order valence-electron chi connectivity index (χ0n) is 17.9. The number of thioether (sulfide) groups is 1. The lowest BCUT2D eigenvalue weighted by Crippen LogP contribution is -2.15. The fourth-order valence-electron chi connectivity index (χ4n) is 2.67. The Morgan fingerprint density at radius 2 is 2.03 bits per heavy atom. The van der Waals surface area contributed by atoms with E-state index in [1.807, 2.05) is 23.6 Å². The minimum atomic E-state index is -0.167. The molecule has 0 atom stereocenters. The van der Waals surface area contributed by atoms with E-state index >= 15 is 0 Å². The molecular weight excluding hydrogens is 432 g/mol. The van der Waals surface area contributed by atoms with Crippen LogP contribution < -0.4 is 10.1 Å². The molecule has 0 saturated carbocycles. The van der Waals surface area contributed by atoms with Gasteiger partial charge in [0.1, 0.15) is 17.4 Å². The van der Waals surface area contributed by atoms with E-state index in [1.165, 1.54) is 28.7 Å². The van der Waals surface area contributed by atoms with Gasteiger partial charge in [-0.2, -0.15) is 0 Å². The first-order valence-electron chi connectivity index (χ1n) is 10.0. The van der Waals surface area contributed by atoms with Crippen LogP contribution in [0.15, 0.2) is 42.1 Å². The molecule has 2 aromatic heterocycles. The highest BCUT2D eigenvalue weighted by Gasteiger charge is 2.15. The number of anilines is 1. The Labute approximate surface area is 190 Å². The average molecular weight is 459 g/mol. The van der Waals surface area contributed by atoms with E-state index in [4.69, 9.17) is 4.74 Å². The van der Waals surface area contributed by atoms with Crippen molar-refractivity contribution in [2.75, 3.05) is 11.1 Å². The highest BCUT2D eigenvalue weighted by molar-refractivity contribution is 7.99. The number of nitrogens with zero attached hydrogens (tertiary/aromatic N) is 5. The van der Waals surface area contributed by atoms with Crippen molar-refractivity contribution in [3.63, 3.8) is 0 Å². The van der Waals surface area contributed by atoms with Gasteiger partial charge in [-0.05, 0) is 30.0 Å². The van der Waals surface area contributed by atoms with Gasteiger partial charge in [0.25, 0.3) is 0 Å². The lowest BCUT2D eigenvalue weighted by atomic mass is 10.0. The van der Waals surface area contributed by atoms with Gasteiger partial charge in [0.15, 0.2) is 11.0 Å². The smallest absolute Gasteiger partial charge is 0.236 e. The largest absolute Gasteiger partial charge is 0.486 e. The molecule has 0 radical (unpaired) electrons. The highest BCUT2D eigenvalue weighted by Crippen LogP contribution is 2.22. The van der Waals surface area contributed by atoms with Crippen LogP contribution in [0.5, 0.6) is 5.75 Å². The fraction of sp³-hybridized carbons (Fsp3) is 0.381. The van der Waals surface area contributed by atoms with Gasteiger partial charge in [-0.3, -0.25) is 14.7 Å². The van der Waals surface area contributed by atoms with Gasteiger partial charge in [-0.15, -0.1) is 27.0 Å². The molecular formula is C21H26N6O2S2. The molecule has 0 fully saturated rings. The van der Waals surface area contributed by atoms with Crippen molar-refractivity contribution < 1.29 is 9.53 Å². The van der Waals surface area contributed by atoms with Gasteiger partial charge in [0, 0.05) is 6.54 Å². The number of allylic oxidation sites excluding steroid dienone is 1. The van der Waals surface area contributed by atoms with Gasteiger partial charge < -0.3 is 4.74 Å². The monoisotopic (exact) mass is 458 g/mol. The molecule has 3 aromatic rings. The molecule has 164 valence electrons. The van der Waals surface area contributed by atoms with Gasteiger partial charge >= 0.3 is 0 Å². The summed E-state index contributed by atoms with van der Waals surface area (Å²) >= 11 is 2.68. The lowest BCUT2D eigenvalue weighted by Gasteiger charge is -2.10. The Morgan fingerprint density at radius 1 is 1.26 bits per heavy atom. The van der Waals surface area contributed by atoms with Gasteiger partial charge in [-0.1, -0.05) is 62.1 Å². The summed E-state index contributed by atoms with van der Waals surface area (Å²) in [5, 5.41) is 21.2. The van der Waals surface area contributed by atoms with Crippen molar-refractivity contribution in [2.45, 2.75) is 51.4 Å². The van der Waals surface area contributed by atoms with Crippen molar-refractivity contribution in [1.82, 2.24) is 25.0 Å². The number of carbonyl (C=O) groups excluding carboxylic acids is 1. The Bertz CT molecular complexity index is 1010. The first-order chi connectivity index (χ1) is 15.0. The molecule has 1 N–H and O–H groups in total. The maximum absolute atomic E-state index is 12.3. The van der Waals surface area contributed by atoms with E-state index in [-0.39, 0.29) is 18.3 Å². The second kappa shape index (κ2) is 11.1. The van der Waals surface area contributed by atoms with Crippen LogP contribution in [0.4, 0.5) is 5.13 Å². The summed E-state index contributed by atoms with van der Waals surface area (Å²) in [5.74, 6) is 1.94. The van der Waals surface area contributed by atoms with Crippen LogP contribution in [0.1, 0.15) is 43.1 Å². The van der Waals surface area contributed by atoms with Gasteiger partial charge in [0.05, 0.1) is 5.75 Å². The topological polar surface area (TPSA) is 94.8 Å². The van der Waals surface area contributed by atoms with Crippen molar-refractivity contribution in [3.8, 4) is 5.75 Å². The summed E-state index contributed by atoms with van der Waals surface area (Å²) in [6.07, 6.45) is 2.56. The zero-order valence-corrected chi connectivity index (χ0v) is 19.5. The van der Waals surface area contributed by atoms with Crippen LogP contribution >= 0.6 is 23.1 Å². The van der Waals surface area contributed by atoms with Crippen molar-refractivity contribution in [3.05, 3.63) is 53.3 Å². The Morgan fingerprint density at radius 3 is 2.68 bits per heavy atom. The standard InChI is InChI=1S/C21H26N6O2S2/c1-5-11-27-17(12-29-16-9-7-15(8-10-16)14(3)4)23-26-21(27)30-13-18(28)22-20-25-24-19(6-2)31-20/h5,7-10,14H,1,6,11-13H2,2-4H3,(H,22,25,28). The predicted molar refractivity (Wildman–Crippen MR) is 124 cm³/mol. The minimum absolute atomic E-state index is 0.167. The Hall–Kier alpha value is -2.72. The normalized spacial score (nSPS) is 11.0. The van der Waals surface area contributed by atoms with E-state index in [0.717, 1.165) is 17.2 Å². The number of nitrogens with one attached hydrogen (secondary N) is 1. The molecule has 0 unspecified atom stereocenters. The molecule has 0 spiro atoms. The Balaban J connectivity index is 1.58.